The predicted octanol–water partition coefficient (Wildman–Crippen LogP) is 1.82. The Morgan fingerprint density at radius 3 is 2.63 bits per heavy atom. The molecule has 0 spiro atoms. The number of urea groups is 1. The Morgan fingerprint density at radius 2 is 2.16 bits per heavy atom. The molecule has 7 heteroatoms. The Balaban J connectivity index is 2.67. The maximum absolute atomic E-state index is 13.4. The van der Waals surface area contributed by atoms with E-state index in [2.05, 4.69) is 10.6 Å². The molecule has 0 aromatic heterocycles. The van der Waals surface area contributed by atoms with Gasteiger partial charge in [-0.25, -0.2) is 14.0 Å². The molecule has 0 heterocycles. The average molecular weight is 270 g/mol. The highest BCUT2D eigenvalue weighted by atomic mass is 19.1. The number of methoxy groups -OCH3 is 1. The first kappa shape index (κ1) is 14.7. The highest BCUT2D eigenvalue weighted by Gasteiger charge is 2.17. The third kappa shape index (κ3) is 4.13. The van der Waals surface area contributed by atoms with E-state index in [9.17, 15) is 14.0 Å². The second-order valence-corrected chi connectivity index (χ2v) is 3.75. The van der Waals surface area contributed by atoms with Crippen LogP contribution in [0.3, 0.4) is 0 Å². The number of rotatable bonds is 5. The monoisotopic (exact) mass is 270 g/mol. The minimum atomic E-state index is -1.13. The number of hydrogen-bond acceptors (Lipinski definition) is 3. The van der Waals surface area contributed by atoms with Crippen LogP contribution < -0.4 is 15.4 Å². The highest BCUT2D eigenvalue weighted by molar-refractivity contribution is 5.92. The van der Waals surface area contributed by atoms with Crippen molar-refractivity contribution < 1.29 is 23.8 Å². The number of carbonyl (C=O) groups is 2. The van der Waals surface area contributed by atoms with Gasteiger partial charge in [-0.05, 0) is 18.6 Å². The fourth-order valence-electron chi connectivity index (χ4n) is 1.41. The van der Waals surface area contributed by atoms with Crippen molar-refractivity contribution in [3.63, 3.8) is 0 Å². The fourth-order valence-corrected chi connectivity index (χ4v) is 1.41. The lowest BCUT2D eigenvalue weighted by Crippen LogP contribution is -2.42. The van der Waals surface area contributed by atoms with Crippen LogP contribution in [-0.2, 0) is 4.79 Å². The summed E-state index contributed by atoms with van der Waals surface area (Å²) in [6.45, 7) is 1.63. The van der Waals surface area contributed by atoms with Gasteiger partial charge in [-0.1, -0.05) is 6.92 Å². The maximum Gasteiger partial charge on any atom is 0.326 e. The number of amides is 2. The van der Waals surface area contributed by atoms with Crippen LogP contribution in [0.4, 0.5) is 14.9 Å². The van der Waals surface area contributed by atoms with E-state index in [4.69, 9.17) is 9.84 Å². The van der Waals surface area contributed by atoms with E-state index in [-0.39, 0.29) is 17.9 Å². The van der Waals surface area contributed by atoms with Gasteiger partial charge in [-0.2, -0.15) is 0 Å². The summed E-state index contributed by atoms with van der Waals surface area (Å²) in [4.78, 5) is 22.2. The van der Waals surface area contributed by atoms with Gasteiger partial charge in [0.25, 0.3) is 0 Å². The molecule has 0 saturated heterocycles. The van der Waals surface area contributed by atoms with Crippen LogP contribution in [0.5, 0.6) is 5.75 Å². The van der Waals surface area contributed by atoms with E-state index < -0.39 is 23.9 Å². The van der Waals surface area contributed by atoms with E-state index in [1.807, 2.05) is 0 Å². The Kier molecular flexibility index (Phi) is 5.11. The molecular weight excluding hydrogens is 255 g/mol. The van der Waals surface area contributed by atoms with Gasteiger partial charge in [0, 0.05) is 11.8 Å². The molecule has 2 amide bonds. The molecule has 6 nitrogen and oxygen atoms in total. The highest BCUT2D eigenvalue weighted by Crippen LogP contribution is 2.20. The van der Waals surface area contributed by atoms with Gasteiger partial charge in [0.1, 0.15) is 6.04 Å². The maximum atomic E-state index is 13.4. The molecular formula is C12H15FN2O4. The number of carboxylic acid groups (broad SMARTS) is 1. The number of halogens is 1. The van der Waals surface area contributed by atoms with Gasteiger partial charge in [-0.15, -0.1) is 0 Å². The van der Waals surface area contributed by atoms with Crippen molar-refractivity contribution in [2.75, 3.05) is 12.4 Å². The summed E-state index contributed by atoms with van der Waals surface area (Å²) < 4.78 is 18.1. The zero-order valence-corrected chi connectivity index (χ0v) is 10.6. The lowest BCUT2D eigenvalue weighted by Gasteiger charge is -2.13. The number of ether oxygens (including phenoxy) is 1. The van der Waals surface area contributed by atoms with E-state index in [0.29, 0.717) is 0 Å². The first-order valence-corrected chi connectivity index (χ1v) is 5.61. The SMILES string of the molecule is CCC(NC(=O)Nc1ccc(OC)c(F)c1)C(=O)O. The Hall–Kier alpha value is -2.31. The number of anilines is 1. The van der Waals surface area contributed by atoms with Crippen LogP contribution in [0.1, 0.15) is 13.3 Å². The number of aliphatic carboxylic acids is 1. The summed E-state index contributed by atoms with van der Waals surface area (Å²) in [6, 6.07) is 2.20. The van der Waals surface area contributed by atoms with Crippen molar-refractivity contribution in [2.24, 2.45) is 0 Å². The summed E-state index contributed by atoms with van der Waals surface area (Å²) in [5.41, 5.74) is 0.205. The predicted molar refractivity (Wildman–Crippen MR) is 66.8 cm³/mol. The Labute approximate surface area is 109 Å². The van der Waals surface area contributed by atoms with Crippen molar-refractivity contribution in [1.29, 1.82) is 0 Å². The minimum Gasteiger partial charge on any atom is -0.494 e. The summed E-state index contributed by atoms with van der Waals surface area (Å²) in [7, 11) is 1.33. The summed E-state index contributed by atoms with van der Waals surface area (Å²) in [6.07, 6.45) is 0.250. The molecule has 0 radical (unpaired) electrons. The second kappa shape index (κ2) is 6.58. The molecule has 1 aromatic carbocycles. The second-order valence-electron chi connectivity index (χ2n) is 3.75. The Bertz CT molecular complexity index is 479. The van der Waals surface area contributed by atoms with Crippen LogP contribution in [0.2, 0.25) is 0 Å². The van der Waals surface area contributed by atoms with Crippen LogP contribution in [-0.4, -0.2) is 30.3 Å². The molecule has 3 N–H and O–H groups in total. The zero-order valence-electron chi connectivity index (χ0n) is 10.6. The van der Waals surface area contributed by atoms with Crippen LogP contribution >= 0.6 is 0 Å². The van der Waals surface area contributed by atoms with E-state index in [1.165, 1.54) is 19.2 Å². The van der Waals surface area contributed by atoms with Gasteiger partial charge >= 0.3 is 12.0 Å². The number of carboxylic acids is 1. The molecule has 1 unspecified atom stereocenters. The summed E-state index contributed by atoms with van der Waals surface area (Å²) in [5.74, 6) is -1.69. The quantitative estimate of drug-likeness (QED) is 0.761. The lowest BCUT2D eigenvalue weighted by atomic mass is 10.2. The molecule has 19 heavy (non-hydrogen) atoms. The van der Waals surface area contributed by atoms with Gasteiger partial charge in [0.2, 0.25) is 0 Å². The van der Waals surface area contributed by atoms with Crippen LogP contribution in [0, 0.1) is 5.82 Å². The first-order valence-electron chi connectivity index (χ1n) is 5.61. The Morgan fingerprint density at radius 1 is 1.47 bits per heavy atom. The fraction of sp³-hybridized carbons (Fsp3) is 0.333. The van der Waals surface area contributed by atoms with Crippen LogP contribution in [0.25, 0.3) is 0 Å². The van der Waals surface area contributed by atoms with E-state index in [1.54, 1.807) is 6.92 Å². The van der Waals surface area contributed by atoms with E-state index >= 15 is 0 Å². The standard InChI is InChI=1S/C12H15FN2O4/c1-3-9(11(16)17)15-12(18)14-7-4-5-10(19-2)8(13)6-7/h4-6,9H,3H2,1-2H3,(H,16,17)(H2,14,15,18). The smallest absolute Gasteiger partial charge is 0.326 e. The summed E-state index contributed by atoms with van der Waals surface area (Å²) in [5, 5.41) is 13.4. The van der Waals surface area contributed by atoms with Crippen molar-refractivity contribution in [1.82, 2.24) is 5.32 Å². The molecule has 1 rings (SSSR count). The van der Waals surface area contributed by atoms with Crippen molar-refractivity contribution in [3.05, 3.63) is 24.0 Å². The van der Waals surface area contributed by atoms with Crippen molar-refractivity contribution in [2.45, 2.75) is 19.4 Å². The minimum absolute atomic E-state index is 0.0583. The lowest BCUT2D eigenvalue weighted by molar-refractivity contribution is -0.139. The molecule has 0 saturated carbocycles. The van der Waals surface area contributed by atoms with E-state index in [0.717, 1.165) is 6.07 Å². The summed E-state index contributed by atoms with van der Waals surface area (Å²) >= 11 is 0. The number of carbonyl (C=O) groups excluding carboxylic acids is 1. The number of benzene rings is 1. The molecule has 0 aliphatic carbocycles. The molecule has 1 atom stereocenters. The zero-order chi connectivity index (χ0) is 14.4. The topological polar surface area (TPSA) is 87.7 Å². The molecule has 0 fully saturated rings. The third-order valence-electron chi connectivity index (χ3n) is 2.42. The molecule has 0 bridgehead atoms. The molecule has 104 valence electrons. The van der Waals surface area contributed by atoms with Crippen molar-refractivity contribution in [3.8, 4) is 5.75 Å². The normalized spacial score (nSPS) is 11.5. The van der Waals surface area contributed by atoms with Crippen LogP contribution in [0.15, 0.2) is 18.2 Å². The number of nitrogens with one attached hydrogen (secondary N) is 2. The third-order valence-corrected chi connectivity index (χ3v) is 2.42. The van der Waals surface area contributed by atoms with Crippen molar-refractivity contribution >= 4 is 17.7 Å². The molecule has 0 aliphatic rings. The van der Waals surface area contributed by atoms with Gasteiger partial charge in [0.15, 0.2) is 11.6 Å². The first-order chi connectivity index (χ1) is 8.97. The number of hydrogen-bond donors (Lipinski definition) is 3. The molecule has 0 aliphatic heterocycles. The van der Waals surface area contributed by atoms with Gasteiger partial charge in [0.05, 0.1) is 7.11 Å². The van der Waals surface area contributed by atoms with Gasteiger partial charge in [-0.3, -0.25) is 0 Å². The largest absolute Gasteiger partial charge is 0.494 e. The molecule has 1 aromatic rings. The van der Waals surface area contributed by atoms with Gasteiger partial charge < -0.3 is 20.5 Å². The average Bonchev–Trinajstić information content (AvgIpc) is 2.35.